The molecule has 3 N–H and O–H groups in total. The van der Waals surface area contributed by atoms with Gasteiger partial charge >= 0.3 is 0 Å². The lowest BCUT2D eigenvalue weighted by Crippen LogP contribution is -2.19. The predicted molar refractivity (Wildman–Crippen MR) is 130 cm³/mol. The van der Waals surface area contributed by atoms with Crippen LogP contribution in [0, 0.1) is 0 Å². The maximum atomic E-state index is 11.9. The first-order valence-corrected chi connectivity index (χ1v) is 11.6. The summed E-state index contributed by atoms with van der Waals surface area (Å²) in [6.07, 6.45) is 1.99. The first-order chi connectivity index (χ1) is 15.6. The monoisotopic (exact) mass is 443 g/mol. The number of carbonyl (C=O) groups excluding carboxylic acids is 1. The van der Waals surface area contributed by atoms with Crippen LogP contribution < -0.4 is 11.1 Å². The zero-order chi connectivity index (χ0) is 22.1. The SMILES string of the molecule is CN1CCCc2nc(-c3scc4c(C(N)=O)cccc34)nc(NCc3ccccc3)c2C1. The highest BCUT2D eigenvalue weighted by Gasteiger charge is 2.22. The van der Waals surface area contributed by atoms with Gasteiger partial charge in [0.1, 0.15) is 5.82 Å². The molecule has 162 valence electrons. The molecule has 1 amide bonds. The second-order valence-electron chi connectivity index (χ2n) is 8.20. The number of thiophene rings is 1. The lowest BCUT2D eigenvalue weighted by molar-refractivity contribution is 0.100. The third-order valence-corrected chi connectivity index (χ3v) is 6.88. The van der Waals surface area contributed by atoms with Gasteiger partial charge in [0.2, 0.25) is 5.91 Å². The zero-order valence-electron chi connectivity index (χ0n) is 18.0. The van der Waals surface area contributed by atoms with E-state index in [1.165, 1.54) is 11.1 Å². The second-order valence-corrected chi connectivity index (χ2v) is 9.08. The molecule has 0 fully saturated rings. The van der Waals surface area contributed by atoms with Gasteiger partial charge in [0.15, 0.2) is 5.82 Å². The third-order valence-electron chi connectivity index (χ3n) is 5.89. The summed E-state index contributed by atoms with van der Waals surface area (Å²) in [6, 6.07) is 16.0. The molecule has 3 heterocycles. The van der Waals surface area contributed by atoms with Crippen LogP contribution in [0.1, 0.15) is 33.6 Å². The number of primary amides is 1. The highest BCUT2D eigenvalue weighted by atomic mass is 32.1. The van der Waals surface area contributed by atoms with Crippen molar-refractivity contribution in [1.82, 2.24) is 14.9 Å². The van der Waals surface area contributed by atoms with Gasteiger partial charge in [0.05, 0.1) is 10.6 Å². The van der Waals surface area contributed by atoms with Crippen LogP contribution in [-0.2, 0) is 19.5 Å². The number of amides is 1. The lowest BCUT2D eigenvalue weighted by Gasteiger charge is -2.18. The molecule has 32 heavy (non-hydrogen) atoms. The Morgan fingerprint density at radius 1 is 1.12 bits per heavy atom. The number of rotatable bonds is 5. The van der Waals surface area contributed by atoms with E-state index in [2.05, 4.69) is 29.4 Å². The van der Waals surface area contributed by atoms with E-state index in [1.807, 2.05) is 35.7 Å². The quantitative estimate of drug-likeness (QED) is 0.476. The van der Waals surface area contributed by atoms with E-state index < -0.39 is 5.91 Å². The molecule has 0 bridgehead atoms. The number of nitrogens with two attached hydrogens (primary N) is 1. The molecule has 0 spiro atoms. The van der Waals surface area contributed by atoms with Crippen molar-refractivity contribution < 1.29 is 4.79 Å². The second kappa shape index (κ2) is 8.68. The van der Waals surface area contributed by atoms with Crippen LogP contribution in [0.15, 0.2) is 53.9 Å². The summed E-state index contributed by atoms with van der Waals surface area (Å²) in [5, 5.41) is 7.37. The Morgan fingerprint density at radius 2 is 1.97 bits per heavy atom. The standard InChI is InChI=1S/C25H25N5OS/c1-30-12-6-11-21-19(14-30)24(27-13-16-7-3-2-4-8-16)29-25(28-21)22-17-9-5-10-18(23(26)31)20(17)15-32-22/h2-5,7-10,15H,6,11-14H2,1H3,(H2,26,31)(H,27,28,29). The van der Waals surface area contributed by atoms with Gasteiger partial charge in [-0.1, -0.05) is 42.5 Å². The van der Waals surface area contributed by atoms with Crippen molar-refractivity contribution in [1.29, 1.82) is 0 Å². The van der Waals surface area contributed by atoms with Crippen molar-refractivity contribution in [2.24, 2.45) is 5.73 Å². The van der Waals surface area contributed by atoms with E-state index in [9.17, 15) is 4.79 Å². The number of aryl methyl sites for hydroxylation is 1. The first kappa shape index (κ1) is 20.6. The molecule has 2 aromatic carbocycles. The molecule has 7 heteroatoms. The van der Waals surface area contributed by atoms with Crippen LogP contribution in [-0.4, -0.2) is 34.4 Å². The highest BCUT2D eigenvalue weighted by Crippen LogP contribution is 2.36. The van der Waals surface area contributed by atoms with Gasteiger partial charge in [-0.3, -0.25) is 4.79 Å². The van der Waals surface area contributed by atoms with Crippen LogP contribution in [0.5, 0.6) is 0 Å². The number of nitrogens with one attached hydrogen (secondary N) is 1. The maximum Gasteiger partial charge on any atom is 0.249 e. The number of hydrogen-bond donors (Lipinski definition) is 2. The van der Waals surface area contributed by atoms with E-state index in [1.54, 1.807) is 17.4 Å². The molecule has 0 unspecified atom stereocenters. The van der Waals surface area contributed by atoms with E-state index in [-0.39, 0.29) is 0 Å². The Kier molecular flexibility index (Phi) is 5.59. The van der Waals surface area contributed by atoms with Gasteiger partial charge in [-0.25, -0.2) is 9.97 Å². The first-order valence-electron chi connectivity index (χ1n) is 10.8. The van der Waals surface area contributed by atoms with Gasteiger partial charge in [0, 0.05) is 40.4 Å². The molecule has 4 aromatic rings. The third kappa shape index (κ3) is 3.97. The van der Waals surface area contributed by atoms with E-state index in [0.717, 1.165) is 53.1 Å². The molecule has 5 rings (SSSR count). The molecule has 0 radical (unpaired) electrons. The molecule has 0 aliphatic carbocycles. The maximum absolute atomic E-state index is 11.9. The summed E-state index contributed by atoms with van der Waals surface area (Å²) in [5.74, 6) is 1.16. The van der Waals surface area contributed by atoms with Crippen molar-refractivity contribution in [2.45, 2.75) is 25.9 Å². The van der Waals surface area contributed by atoms with Gasteiger partial charge in [-0.05, 0) is 38.1 Å². The predicted octanol–water partition coefficient (Wildman–Crippen LogP) is 4.45. The minimum Gasteiger partial charge on any atom is -0.366 e. The van der Waals surface area contributed by atoms with E-state index >= 15 is 0 Å². The minimum atomic E-state index is -0.420. The fourth-order valence-corrected chi connectivity index (χ4v) is 5.25. The average Bonchev–Trinajstić information content (AvgIpc) is 3.14. The fourth-order valence-electron chi connectivity index (χ4n) is 4.26. The number of benzene rings is 2. The highest BCUT2D eigenvalue weighted by molar-refractivity contribution is 7.15. The molecular weight excluding hydrogens is 418 g/mol. The van der Waals surface area contributed by atoms with Gasteiger partial charge in [-0.2, -0.15) is 0 Å². The van der Waals surface area contributed by atoms with Crippen molar-refractivity contribution >= 4 is 33.8 Å². The number of fused-ring (bicyclic) bond motifs is 2. The van der Waals surface area contributed by atoms with Crippen LogP contribution >= 0.6 is 11.3 Å². The Balaban J connectivity index is 1.60. The molecule has 1 aliphatic heterocycles. The van der Waals surface area contributed by atoms with Crippen LogP contribution in [0.25, 0.3) is 21.5 Å². The van der Waals surface area contributed by atoms with Gasteiger partial charge in [-0.15, -0.1) is 11.3 Å². The lowest BCUT2D eigenvalue weighted by atomic mass is 10.1. The Labute approximate surface area is 191 Å². The molecule has 2 aromatic heterocycles. The summed E-state index contributed by atoms with van der Waals surface area (Å²) < 4.78 is 0. The van der Waals surface area contributed by atoms with Crippen LogP contribution in [0.2, 0.25) is 0 Å². The van der Waals surface area contributed by atoms with Gasteiger partial charge < -0.3 is 16.0 Å². The van der Waals surface area contributed by atoms with Gasteiger partial charge in [0.25, 0.3) is 0 Å². The number of anilines is 1. The number of hydrogen-bond acceptors (Lipinski definition) is 6. The van der Waals surface area contributed by atoms with Crippen molar-refractivity contribution in [3.8, 4) is 10.7 Å². The summed E-state index contributed by atoms with van der Waals surface area (Å²) in [5.41, 5.74) is 9.59. The topological polar surface area (TPSA) is 84.1 Å². The van der Waals surface area contributed by atoms with Crippen molar-refractivity contribution in [2.75, 3.05) is 18.9 Å². The Bertz CT molecular complexity index is 1280. The Morgan fingerprint density at radius 3 is 2.78 bits per heavy atom. The summed E-state index contributed by atoms with van der Waals surface area (Å²) in [4.78, 5) is 25.2. The number of nitrogens with zero attached hydrogens (tertiary/aromatic N) is 3. The van der Waals surface area contributed by atoms with Crippen LogP contribution in [0.3, 0.4) is 0 Å². The Hall–Kier alpha value is -3.29. The minimum absolute atomic E-state index is 0.420. The van der Waals surface area contributed by atoms with Crippen molar-refractivity contribution in [3.05, 3.63) is 76.3 Å². The zero-order valence-corrected chi connectivity index (χ0v) is 18.8. The number of carbonyl (C=O) groups is 1. The normalized spacial score (nSPS) is 14.2. The van der Waals surface area contributed by atoms with E-state index in [0.29, 0.717) is 17.9 Å². The molecule has 6 nitrogen and oxygen atoms in total. The summed E-state index contributed by atoms with van der Waals surface area (Å²) in [7, 11) is 2.14. The summed E-state index contributed by atoms with van der Waals surface area (Å²) >= 11 is 1.56. The average molecular weight is 444 g/mol. The van der Waals surface area contributed by atoms with E-state index in [4.69, 9.17) is 15.7 Å². The van der Waals surface area contributed by atoms with Crippen LogP contribution in [0.4, 0.5) is 5.82 Å². The van der Waals surface area contributed by atoms with Crippen molar-refractivity contribution in [3.63, 3.8) is 0 Å². The molecular formula is C25H25N5OS. The number of aromatic nitrogens is 2. The molecule has 0 saturated heterocycles. The fraction of sp³-hybridized carbons (Fsp3) is 0.240. The molecule has 0 atom stereocenters. The molecule has 0 saturated carbocycles. The largest absolute Gasteiger partial charge is 0.366 e. The smallest absolute Gasteiger partial charge is 0.249 e. The molecule has 1 aliphatic rings. The summed E-state index contributed by atoms with van der Waals surface area (Å²) in [6.45, 7) is 2.56.